The van der Waals surface area contributed by atoms with Crippen LogP contribution in [0.1, 0.15) is 37.3 Å². The maximum absolute atomic E-state index is 12.0. The van der Waals surface area contributed by atoms with Crippen LogP contribution in [0.15, 0.2) is 28.8 Å². The molecule has 0 aliphatic carbocycles. The summed E-state index contributed by atoms with van der Waals surface area (Å²) in [7, 11) is -1.29. The fourth-order valence-electron chi connectivity index (χ4n) is 3.15. The van der Waals surface area contributed by atoms with Crippen molar-refractivity contribution in [1.29, 1.82) is 0 Å². The highest BCUT2D eigenvalue weighted by Crippen LogP contribution is 2.31. The first kappa shape index (κ1) is 18.0. The van der Waals surface area contributed by atoms with E-state index in [1.54, 1.807) is 0 Å². The molecular formula is C17H24N4O3S. The Morgan fingerprint density at radius 3 is 2.72 bits per heavy atom. The number of nitrogens with one attached hydrogen (secondary N) is 1. The van der Waals surface area contributed by atoms with Crippen LogP contribution in [-0.4, -0.2) is 48.8 Å². The summed E-state index contributed by atoms with van der Waals surface area (Å²) in [6.45, 7) is 4.50. The molecule has 2 heterocycles. The van der Waals surface area contributed by atoms with E-state index in [0.717, 1.165) is 5.56 Å². The lowest BCUT2D eigenvalue weighted by molar-refractivity contribution is 0.244. The highest BCUT2D eigenvalue weighted by Gasteiger charge is 2.36. The zero-order valence-corrected chi connectivity index (χ0v) is 15.6. The zero-order valence-electron chi connectivity index (χ0n) is 14.8. The van der Waals surface area contributed by atoms with Gasteiger partial charge in [-0.2, -0.15) is 4.98 Å². The Labute approximate surface area is 148 Å². The number of rotatable bonds is 6. The van der Waals surface area contributed by atoms with Crippen LogP contribution in [-0.2, 0) is 10.0 Å². The van der Waals surface area contributed by atoms with Crippen molar-refractivity contribution in [2.75, 3.05) is 19.3 Å². The Morgan fingerprint density at radius 2 is 2.04 bits per heavy atom. The van der Waals surface area contributed by atoms with Gasteiger partial charge >= 0.3 is 0 Å². The topological polar surface area (TPSA) is 88.3 Å². The highest BCUT2D eigenvalue weighted by molar-refractivity contribution is 7.89. The van der Waals surface area contributed by atoms with Crippen molar-refractivity contribution >= 4 is 10.0 Å². The number of likely N-dealkylation sites (tertiary alicyclic amines) is 1. The molecule has 1 aromatic heterocycles. The van der Waals surface area contributed by atoms with Crippen molar-refractivity contribution < 1.29 is 12.9 Å². The number of benzene rings is 1. The van der Waals surface area contributed by atoms with Gasteiger partial charge in [-0.15, -0.1) is 0 Å². The first-order chi connectivity index (χ1) is 11.9. The van der Waals surface area contributed by atoms with Crippen LogP contribution < -0.4 is 4.72 Å². The quantitative estimate of drug-likeness (QED) is 0.845. The highest BCUT2D eigenvalue weighted by atomic mass is 32.2. The van der Waals surface area contributed by atoms with Gasteiger partial charge < -0.3 is 4.52 Å². The molecule has 0 saturated carbocycles. The molecule has 3 rings (SSSR count). The molecule has 0 bridgehead atoms. The van der Waals surface area contributed by atoms with E-state index in [0.29, 0.717) is 31.1 Å². The van der Waals surface area contributed by atoms with Gasteiger partial charge in [-0.1, -0.05) is 41.9 Å². The Morgan fingerprint density at radius 1 is 1.32 bits per heavy atom. The van der Waals surface area contributed by atoms with E-state index in [-0.39, 0.29) is 17.8 Å². The largest absolute Gasteiger partial charge is 0.337 e. The summed E-state index contributed by atoms with van der Waals surface area (Å²) in [6.07, 6.45) is 1.22. The summed E-state index contributed by atoms with van der Waals surface area (Å²) >= 11 is 0. The number of likely N-dealkylation sites (N-methyl/N-ethyl adjacent to an activating group) is 1. The number of nitrogens with zero attached hydrogens (tertiary/aromatic N) is 3. The molecule has 25 heavy (non-hydrogen) atoms. The smallest absolute Gasteiger partial charge is 0.244 e. The number of hydrogen-bond acceptors (Lipinski definition) is 6. The van der Waals surface area contributed by atoms with Gasteiger partial charge in [0.25, 0.3) is 0 Å². The molecule has 1 aliphatic heterocycles. The van der Waals surface area contributed by atoms with Crippen LogP contribution in [0.2, 0.25) is 0 Å². The third-order valence-corrected chi connectivity index (χ3v) is 6.04. The first-order valence-electron chi connectivity index (χ1n) is 8.49. The lowest BCUT2D eigenvalue weighted by Gasteiger charge is -2.14. The van der Waals surface area contributed by atoms with Gasteiger partial charge in [-0.25, -0.2) is 13.1 Å². The van der Waals surface area contributed by atoms with E-state index in [2.05, 4.69) is 14.9 Å². The number of sulfonamides is 1. The Balaban J connectivity index is 1.71. The summed E-state index contributed by atoms with van der Waals surface area (Å²) in [5.74, 6) is 1.23. The molecule has 0 amide bonds. The van der Waals surface area contributed by atoms with Crippen molar-refractivity contribution in [3.8, 4) is 11.4 Å². The van der Waals surface area contributed by atoms with Gasteiger partial charge in [0.1, 0.15) is 0 Å². The minimum absolute atomic E-state index is 0.0824. The van der Waals surface area contributed by atoms with E-state index >= 15 is 0 Å². The maximum Gasteiger partial charge on any atom is 0.244 e. The van der Waals surface area contributed by atoms with Gasteiger partial charge in [0.2, 0.25) is 21.7 Å². The van der Waals surface area contributed by atoms with Crippen LogP contribution in [0.3, 0.4) is 0 Å². The number of hydrogen-bond donors (Lipinski definition) is 1. The summed E-state index contributed by atoms with van der Waals surface area (Å²) in [6, 6.07) is 7.72. The molecule has 0 unspecified atom stereocenters. The lowest BCUT2D eigenvalue weighted by atomic mass is 10.1. The Hall–Kier alpha value is -1.77. The second kappa shape index (κ2) is 7.23. The molecule has 136 valence electrons. The first-order valence-corrected chi connectivity index (χ1v) is 10.1. The molecule has 1 N–H and O–H groups in total. The summed E-state index contributed by atoms with van der Waals surface area (Å²) in [5, 5.41) is 4.07. The number of aryl methyl sites for hydroxylation is 1. The normalized spacial score (nSPS) is 21.7. The van der Waals surface area contributed by atoms with Crippen molar-refractivity contribution in [1.82, 2.24) is 19.8 Å². The lowest BCUT2D eigenvalue weighted by Crippen LogP contribution is -2.37. The molecule has 1 aromatic carbocycles. The second-order valence-electron chi connectivity index (χ2n) is 6.65. The van der Waals surface area contributed by atoms with Gasteiger partial charge in [0, 0.05) is 18.2 Å². The van der Waals surface area contributed by atoms with Crippen LogP contribution >= 0.6 is 0 Å². The fourth-order valence-corrected chi connectivity index (χ4v) is 4.48. The van der Waals surface area contributed by atoms with Gasteiger partial charge in [-0.3, -0.25) is 4.90 Å². The average molecular weight is 364 g/mol. The average Bonchev–Trinajstić information content (AvgIpc) is 3.14. The molecule has 7 nitrogen and oxygen atoms in total. The molecule has 2 aromatic rings. The summed E-state index contributed by atoms with van der Waals surface area (Å²) < 4.78 is 32.2. The third-order valence-electron chi connectivity index (χ3n) is 4.40. The Kier molecular flexibility index (Phi) is 5.21. The maximum atomic E-state index is 12.0. The predicted molar refractivity (Wildman–Crippen MR) is 95.5 cm³/mol. The number of aromatic nitrogens is 2. The summed E-state index contributed by atoms with van der Waals surface area (Å²) in [5.41, 5.74) is 2.08. The van der Waals surface area contributed by atoms with Crippen LogP contribution in [0.4, 0.5) is 0 Å². The van der Waals surface area contributed by atoms with E-state index in [9.17, 15) is 8.42 Å². The van der Waals surface area contributed by atoms with Crippen molar-refractivity contribution in [3.05, 3.63) is 35.7 Å². The van der Waals surface area contributed by atoms with Crippen LogP contribution in [0, 0.1) is 6.92 Å². The molecule has 1 fully saturated rings. The molecule has 0 radical (unpaired) electrons. The van der Waals surface area contributed by atoms with E-state index in [4.69, 9.17) is 4.52 Å². The molecule has 8 heteroatoms. The zero-order chi connectivity index (χ0) is 18.0. The van der Waals surface area contributed by atoms with Crippen LogP contribution in [0.25, 0.3) is 11.4 Å². The molecular weight excluding hydrogens is 340 g/mol. The monoisotopic (exact) mass is 364 g/mol. The van der Waals surface area contributed by atoms with Crippen molar-refractivity contribution in [2.45, 2.75) is 38.8 Å². The molecule has 0 spiro atoms. The molecule has 1 saturated heterocycles. The third kappa shape index (κ3) is 4.26. The predicted octanol–water partition coefficient (Wildman–Crippen LogP) is 2.12. The minimum atomic E-state index is -3.23. The fraction of sp³-hybridized carbons (Fsp3) is 0.529. The SMILES string of the molecule is CCCS(=O)(=O)N[C@@H]1C[C@@H](c2nc(-c3ccc(C)cc3)no2)N(C)C1. The summed E-state index contributed by atoms with van der Waals surface area (Å²) in [4.78, 5) is 6.56. The van der Waals surface area contributed by atoms with Crippen molar-refractivity contribution in [2.24, 2.45) is 0 Å². The van der Waals surface area contributed by atoms with Gasteiger partial charge in [0.15, 0.2) is 0 Å². The van der Waals surface area contributed by atoms with Gasteiger partial charge in [0.05, 0.1) is 11.8 Å². The Bertz CT molecular complexity index is 817. The van der Waals surface area contributed by atoms with Gasteiger partial charge in [-0.05, 0) is 26.8 Å². The van der Waals surface area contributed by atoms with E-state index < -0.39 is 10.0 Å². The molecule has 2 atom stereocenters. The van der Waals surface area contributed by atoms with E-state index in [1.807, 2.05) is 50.1 Å². The van der Waals surface area contributed by atoms with E-state index in [1.165, 1.54) is 5.56 Å². The van der Waals surface area contributed by atoms with Crippen LogP contribution in [0.5, 0.6) is 0 Å². The standard InChI is InChI=1S/C17H24N4O3S/c1-4-9-25(22,23)20-14-10-15(21(3)11-14)17-18-16(19-24-17)13-7-5-12(2)6-8-13/h5-8,14-15,20H,4,9-11H2,1-3H3/t14-,15+/m1/s1. The molecule has 1 aliphatic rings. The minimum Gasteiger partial charge on any atom is -0.337 e. The second-order valence-corrected chi connectivity index (χ2v) is 8.52. The van der Waals surface area contributed by atoms with Crippen molar-refractivity contribution in [3.63, 3.8) is 0 Å².